The van der Waals surface area contributed by atoms with Gasteiger partial charge >= 0.3 is 0 Å². The Morgan fingerprint density at radius 1 is 1.21 bits per heavy atom. The van der Waals surface area contributed by atoms with E-state index in [1.165, 1.54) is 0 Å². The fraction of sp³-hybridized carbons (Fsp3) is 0.714. The Hall–Kier alpha value is -0.270. The molecule has 4 N–H and O–H groups in total. The Labute approximate surface area is 99.9 Å². The van der Waals surface area contributed by atoms with Crippen LogP contribution >= 0.6 is 36.2 Å². The van der Waals surface area contributed by atoms with Crippen LogP contribution in [0.1, 0.15) is 6.42 Å². The third-order valence-corrected chi connectivity index (χ3v) is 2.58. The molecule has 0 radical (unpaired) electrons. The van der Waals surface area contributed by atoms with Gasteiger partial charge in [0.1, 0.15) is 0 Å². The molecule has 0 unspecified atom stereocenters. The molecule has 0 fully saturated rings. The minimum Gasteiger partial charge on any atom is -0.364 e. The highest BCUT2D eigenvalue weighted by molar-refractivity contribution is 7.98. The van der Waals surface area contributed by atoms with E-state index in [0.717, 1.165) is 18.7 Å². The van der Waals surface area contributed by atoms with E-state index in [1.54, 1.807) is 7.05 Å². The minimum atomic E-state index is 0.512. The Balaban J connectivity index is 3.32. The second-order valence-corrected chi connectivity index (χ2v) is 4.23. The predicted molar refractivity (Wildman–Crippen MR) is 71.5 cm³/mol. The first-order valence-electron chi connectivity index (χ1n) is 4.21. The Morgan fingerprint density at radius 2 is 1.86 bits per heavy atom. The Bertz CT molecular complexity index is 186. The summed E-state index contributed by atoms with van der Waals surface area (Å²) < 4.78 is 0. The first-order valence-corrected chi connectivity index (χ1v) is 6.42. The van der Waals surface area contributed by atoms with Crippen LogP contribution in [0.4, 0.5) is 0 Å². The van der Waals surface area contributed by atoms with Gasteiger partial charge in [0, 0.05) is 13.6 Å². The first kappa shape index (κ1) is 13.7. The van der Waals surface area contributed by atoms with Crippen LogP contribution in [0.25, 0.3) is 0 Å². The van der Waals surface area contributed by atoms with Gasteiger partial charge < -0.3 is 10.6 Å². The average molecular weight is 252 g/mol. The summed E-state index contributed by atoms with van der Waals surface area (Å²) in [5.74, 6) is 1.14. The van der Waals surface area contributed by atoms with E-state index in [1.807, 2.05) is 11.8 Å². The summed E-state index contributed by atoms with van der Waals surface area (Å²) in [5, 5.41) is 6.89. The third-order valence-electron chi connectivity index (χ3n) is 1.33. The summed E-state index contributed by atoms with van der Waals surface area (Å²) in [7, 11) is 1.74. The summed E-state index contributed by atoms with van der Waals surface area (Å²) in [6, 6.07) is 0. The fourth-order valence-electron chi connectivity index (χ4n) is 0.639. The van der Waals surface area contributed by atoms with E-state index in [9.17, 15) is 0 Å². The van der Waals surface area contributed by atoms with E-state index < -0.39 is 0 Å². The molecule has 0 aromatic rings. The molecule has 0 rings (SSSR count). The molecule has 0 saturated heterocycles. The number of thiocarbonyl (C=S) groups is 2. The van der Waals surface area contributed by atoms with Crippen LogP contribution in [0.15, 0.2) is 0 Å². The van der Waals surface area contributed by atoms with Crippen molar-refractivity contribution in [3.05, 3.63) is 0 Å². The maximum Gasteiger partial charge on any atom is 0.185 e. The summed E-state index contributed by atoms with van der Waals surface area (Å²) in [6.45, 7) is 0.876. The van der Waals surface area contributed by atoms with E-state index >= 15 is 0 Å². The summed E-state index contributed by atoms with van der Waals surface area (Å²) in [5.41, 5.74) is 5.50. The van der Waals surface area contributed by atoms with Gasteiger partial charge in [-0.15, -0.1) is 0 Å². The van der Waals surface area contributed by atoms with Crippen molar-refractivity contribution in [3.8, 4) is 0 Å². The molecule has 0 atom stereocenters. The van der Waals surface area contributed by atoms with Crippen LogP contribution < -0.4 is 21.5 Å². The molecule has 4 nitrogen and oxygen atoms in total. The lowest BCUT2D eigenvalue weighted by atomic mass is 10.5. The van der Waals surface area contributed by atoms with Crippen LogP contribution in [-0.2, 0) is 0 Å². The van der Waals surface area contributed by atoms with Crippen molar-refractivity contribution in [2.24, 2.45) is 0 Å². The molecule has 0 aliphatic heterocycles. The SMILES string of the molecule is CNC(=S)NNC(=S)NCCCSC. The highest BCUT2D eigenvalue weighted by atomic mass is 32.2. The summed E-state index contributed by atoms with van der Waals surface area (Å²) in [6.07, 6.45) is 3.18. The molecular weight excluding hydrogens is 236 g/mol. The molecule has 14 heavy (non-hydrogen) atoms. The van der Waals surface area contributed by atoms with Gasteiger partial charge in [-0.05, 0) is 42.9 Å². The summed E-state index contributed by atoms with van der Waals surface area (Å²) >= 11 is 11.7. The molecule has 0 bridgehead atoms. The number of thioether (sulfide) groups is 1. The van der Waals surface area contributed by atoms with Gasteiger partial charge in [0.15, 0.2) is 10.2 Å². The maximum absolute atomic E-state index is 4.99. The number of hydrogen-bond acceptors (Lipinski definition) is 3. The normalized spacial score (nSPS) is 9.00. The van der Waals surface area contributed by atoms with Crippen LogP contribution in [0.2, 0.25) is 0 Å². The van der Waals surface area contributed by atoms with Crippen molar-refractivity contribution in [2.75, 3.05) is 25.6 Å². The second-order valence-electron chi connectivity index (χ2n) is 2.43. The highest BCUT2D eigenvalue weighted by Gasteiger charge is 1.94. The zero-order valence-corrected chi connectivity index (χ0v) is 10.8. The monoisotopic (exact) mass is 252 g/mol. The minimum absolute atomic E-state index is 0.512. The molecule has 0 heterocycles. The molecule has 7 heteroatoms. The van der Waals surface area contributed by atoms with Crippen molar-refractivity contribution < 1.29 is 0 Å². The average Bonchev–Trinajstić information content (AvgIpc) is 2.21. The fourth-order valence-corrected chi connectivity index (χ4v) is 1.28. The van der Waals surface area contributed by atoms with E-state index in [-0.39, 0.29) is 0 Å². The molecule has 0 aromatic heterocycles. The van der Waals surface area contributed by atoms with Crippen molar-refractivity contribution in [3.63, 3.8) is 0 Å². The molecule has 82 valence electrons. The Kier molecular flexibility index (Phi) is 9.11. The molecule has 0 aromatic carbocycles. The zero-order valence-electron chi connectivity index (χ0n) is 8.35. The second kappa shape index (κ2) is 9.29. The zero-order chi connectivity index (χ0) is 10.8. The number of nitrogens with one attached hydrogen (secondary N) is 4. The van der Waals surface area contributed by atoms with Crippen LogP contribution in [0.3, 0.4) is 0 Å². The van der Waals surface area contributed by atoms with Gasteiger partial charge in [-0.1, -0.05) is 0 Å². The first-order chi connectivity index (χ1) is 6.70. The van der Waals surface area contributed by atoms with Gasteiger partial charge in [0.25, 0.3) is 0 Å². The molecule has 0 spiro atoms. The van der Waals surface area contributed by atoms with Crippen LogP contribution in [0.5, 0.6) is 0 Å². The smallest absolute Gasteiger partial charge is 0.185 e. The molecule has 0 amide bonds. The maximum atomic E-state index is 4.99. The predicted octanol–water partition coefficient (Wildman–Crippen LogP) is 0.212. The number of hydrazine groups is 1. The van der Waals surface area contributed by atoms with Crippen molar-refractivity contribution in [1.82, 2.24) is 21.5 Å². The molecular formula is C7H16N4S3. The lowest BCUT2D eigenvalue weighted by Crippen LogP contribution is -2.49. The van der Waals surface area contributed by atoms with E-state index in [0.29, 0.717) is 10.2 Å². The van der Waals surface area contributed by atoms with Gasteiger partial charge in [-0.3, -0.25) is 10.9 Å². The van der Waals surface area contributed by atoms with Crippen LogP contribution in [0, 0.1) is 0 Å². The van der Waals surface area contributed by atoms with Gasteiger partial charge in [0.05, 0.1) is 0 Å². The molecule has 0 aliphatic carbocycles. The lowest BCUT2D eigenvalue weighted by Gasteiger charge is -2.12. The number of rotatable bonds is 4. The largest absolute Gasteiger partial charge is 0.364 e. The number of hydrogen-bond donors (Lipinski definition) is 4. The van der Waals surface area contributed by atoms with Gasteiger partial charge in [-0.2, -0.15) is 11.8 Å². The van der Waals surface area contributed by atoms with Gasteiger partial charge in [0.2, 0.25) is 0 Å². The summed E-state index contributed by atoms with van der Waals surface area (Å²) in [4.78, 5) is 0. The topological polar surface area (TPSA) is 48.1 Å². The standard InChI is InChI=1S/C7H16N4S3/c1-8-6(12)10-11-7(13)9-4-3-5-14-2/h3-5H2,1-2H3,(H2,8,10,12)(H2,9,11,13). The highest BCUT2D eigenvalue weighted by Crippen LogP contribution is 1.92. The molecule has 0 saturated carbocycles. The lowest BCUT2D eigenvalue weighted by molar-refractivity contribution is 0.778. The third kappa shape index (κ3) is 8.33. The molecule has 0 aliphatic rings. The Morgan fingerprint density at radius 3 is 2.43 bits per heavy atom. The van der Waals surface area contributed by atoms with E-state index in [4.69, 9.17) is 24.4 Å². The quantitative estimate of drug-likeness (QED) is 0.324. The van der Waals surface area contributed by atoms with E-state index in [2.05, 4.69) is 27.7 Å². The van der Waals surface area contributed by atoms with Crippen molar-refractivity contribution in [2.45, 2.75) is 6.42 Å². The van der Waals surface area contributed by atoms with Crippen LogP contribution in [-0.4, -0.2) is 35.8 Å². The van der Waals surface area contributed by atoms with Gasteiger partial charge in [-0.25, -0.2) is 0 Å². The van der Waals surface area contributed by atoms with Crippen molar-refractivity contribution in [1.29, 1.82) is 0 Å². The van der Waals surface area contributed by atoms with Crippen molar-refractivity contribution >= 4 is 46.4 Å².